The van der Waals surface area contributed by atoms with Crippen LogP contribution in [0.5, 0.6) is 0 Å². The van der Waals surface area contributed by atoms with Crippen LogP contribution in [0.1, 0.15) is 39.2 Å². The van der Waals surface area contributed by atoms with E-state index in [-0.39, 0.29) is 32.1 Å². The second kappa shape index (κ2) is 11.2. The fourth-order valence-corrected chi connectivity index (χ4v) is 4.57. The van der Waals surface area contributed by atoms with Crippen LogP contribution < -0.4 is 5.32 Å². The molecule has 0 saturated carbocycles. The molecule has 0 spiro atoms. The molecule has 196 valence electrons. The van der Waals surface area contributed by atoms with Crippen molar-refractivity contribution in [3.8, 4) is 0 Å². The monoisotopic (exact) mass is 498 g/mol. The molecule has 1 N–H and O–H groups in total. The number of rotatable bonds is 7. The van der Waals surface area contributed by atoms with E-state index in [1.807, 2.05) is 51.1 Å². The Morgan fingerprint density at radius 1 is 1.00 bits per heavy atom. The number of benzene rings is 1. The third-order valence-corrected chi connectivity index (χ3v) is 6.54. The number of alkyl halides is 3. The minimum atomic E-state index is -4.61. The minimum absolute atomic E-state index is 0.182. The van der Waals surface area contributed by atoms with Crippen LogP contribution in [0.25, 0.3) is 0 Å². The maximum atomic E-state index is 14.0. The molecule has 0 aromatic heterocycles. The van der Waals surface area contributed by atoms with Gasteiger partial charge in [-0.15, -0.1) is 0 Å². The van der Waals surface area contributed by atoms with Crippen molar-refractivity contribution in [2.75, 3.05) is 52.4 Å². The summed E-state index contributed by atoms with van der Waals surface area (Å²) in [4.78, 5) is 30.4. The molecule has 2 heterocycles. The first-order chi connectivity index (χ1) is 16.4. The molecule has 1 aromatic rings. The summed E-state index contributed by atoms with van der Waals surface area (Å²) < 4.78 is 47.5. The molecule has 3 rings (SSSR count). The normalized spacial score (nSPS) is 22.3. The van der Waals surface area contributed by atoms with E-state index in [1.165, 1.54) is 0 Å². The molecule has 7 nitrogen and oxygen atoms in total. The van der Waals surface area contributed by atoms with Gasteiger partial charge in [-0.2, -0.15) is 13.2 Å². The molecular weight excluding hydrogens is 461 g/mol. The number of nitrogens with zero attached hydrogens (tertiary/aromatic N) is 3. The van der Waals surface area contributed by atoms with Gasteiger partial charge < -0.3 is 15.0 Å². The lowest BCUT2D eigenvalue weighted by atomic mass is 9.85. The minimum Gasteiger partial charge on any atom is -0.444 e. The van der Waals surface area contributed by atoms with Crippen LogP contribution in [0.4, 0.5) is 18.0 Å². The van der Waals surface area contributed by atoms with Crippen LogP contribution >= 0.6 is 0 Å². The third-order valence-electron chi connectivity index (χ3n) is 6.54. The summed E-state index contributed by atoms with van der Waals surface area (Å²) in [7, 11) is 0. The van der Waals surface area contributed by atoms with E-state index in [1.54, 1.807) is 9.80 Å². The number of ether oxygens (including phenoxy) is 1. The van der Waals surface area contributed by atoms with Crippen molar-refractivity contribution in [3.63, 3.8) is 0 Å². The highest BCUT2D eigenvalue weighted by Crippen LogP contribution is 2.46. The zero-order valence-electron chi connectivity index (χ0n) is 20.9. The molecule has 1 unspecified atom stereocenters. The quantitative estimate of drug-likeness (QED) is 0.583. The van der Waals surface area contributed by atoms with Gasteiger partial charge in [0.15, 0.2) is 5.41 Å². The van der Waals surface area contributed by atoms with E-state index in [2.05, 4.69) is 10.2 Å². The summed E-state index contributed by atoms with van der Waals surface area (Å²) >= 11 is 0. The Balaban J connectivity index is 1.43. The van der Waals surface area contributed by atoms with Gasteiger partial charge >= 0.3 is 12.3 Å². The van der Waals surface area contributed by atoms with Crippen molar-refractivity contribution in [1.29, 1.82) is 0 Å². The van der Waals surface area contributed by atoms with Gasteiger partial charge in [0.2, 0.25) is 5.91 Å². The van der Waals surface area contributed by atoms with Gasteiger partial charge in [0.05, 0.1) is 0 Å². The Labute approximate surface area is 205 Å². The van der Waals surface area contributed by atoms with Gasteiger partial charge in [-0.25, -0.2) is 4.79 Å². The Morgan fingerprint density at radius 2 is 1.66 bits per heavy atom. The molecule has 1 atom stereocenters. The molecule has 0 radical (unpaired) electrons. The number of hydrogen-bond acceptors (Lipinski definition) is 5. The van der Waals surface area contributed by atoms with Crippen molar-refractivity contribution in [2.24, 2.45) is 5.41 Å². The molecule has 2 aliphatic rings. The molecule has 1 aromatic carbocycles. The molecular formula is C25H37F3N4O3. The first-order valence-corrected chi connectivity index (χ1v) is 12.2. The zero-order valence-corrected chi connectivity index (χ0v) is 20.9. The number of carbonyl (C=O) groups is 2. The number of carbonyl (C=O) groups excluding carboxylic acids is 2. The van der Waals surface area contributed by atoms with E-state index in [0.717, 1.165) is 5.56 Å². The number of hydrogen-bond donors (Lipinski definition) is 1. The lowest BCUT2D eigenvalue weighted by Crippen LogP contribution is -2.53. The van der Waals surface area contributed by atoms with Gasteiger partial charge in [-0.3, -0.25) is 14.6 Å². The molecule has 2 aliphatic heterocycles. The summed E-state index contributed by atoms with van der Waals surface area (Å²) in [6, 6.07) is 9.32. The summed E-state index contributed by atoms with van der Waals surface area (Å²) in [5.41, 5.74) is -1.99. The van der Waals surface area contributed by atoms with E-state index in [9.17, 15) is 22.8 Å². The number of piperazine rings is 1. The fourth-order valence-electron chi connectivity index (χ4n) is 4.57. The molecule has 0 bridgehead atoms. The van der Waals surface area contributed by atoms with Crippen molar-refractivity contribution in [3.05, 3.63) is 35.9 Å². The van der Waals surface area contributed by atoms with Crippen LogP contribution in [0.3, 0.4) is 0 Å². The molecule has 10 heteroatoms. The van der Waals surface area contributed by atoms with Gasteiger partial charge in [0.25, 0.3) is 0 Å². The Bertz CT molecular complexity index is 852. The van der Waals surface area contributed by atoms with Crippen LogP contribution in [0.2, 0.25) is 0 Å². The molecule has 35 heavy (non-hydrogen) atoms. The number of amides is 2. The lowest BCUT2D eigenvalue weighted by molar-refractivity contribution is -0.218. The van der Waals surface area contributed by atoms with Crippen LogP contribution in [-0.2, 0) is 16.1 Å². The predicted octanol–water partition coefficient (Wildman–Crippen LogP) is 3.50. The smallest absolute Gasteiger partial charge is 0.410 e. The van der Waals surface area contributed by atoms with Gasteiger partial charge in [-0.05, 0) is 52.3 Å². The number of likely N-dealkylation sites (tertiary alicyclic amines) is 1. The van der Waals surface area contributed by atoms with Gasteiger partial charge in [0, 0.05) is 45.8 Å². The average Bonchev–Trinajstić information content (AvgIpc) is 3.22. The first kappa shape index (κ1) is 27.3. The van der Waals surface area contributed by atoms with Crippen molar-refractivity contribution >= 4 is 12.0 Å². The van der Waals surface area contributed by atoms with E-state index < -0.39 is 23.1 Å². The first-order valence-electron chi connectivity index (χ1n) is 12.2. The maximum Gasteiger partial charge on any atom is 0.410 e. The highest BCUT2D eigenvalue weighted by molar-refractivity contribution is 5.84. The SMILES string of the molecule is CC(C)(C)OC(=O)N1CCN(CCCNC(=O)C2(C(F)(F)F)CCN(Cc3ccccc3)C2)CC1. The van der Waals surface area contributed by atoms with Gasteiger partial charge in [-0.1, -0.05) is 30.3 Å². The summed E-state index contributed by atoms with van der Waals surface area (Å²) in [6.07, 6.45) is -4.64. The van der Waals surface area contributed by atoms with Crippen LogP contribution in [-0.4, -0.2) is 90.8 Å². The topological polar surface area (TPSA) is 65.1 Å². The Kier molecular flexibility index (Phi) is 8.69. The zero-order chi connectivity index (χ0) is 25.7. The third kappa shape index (κ3) is 7.33. The highest BCUT2D eigenvalue weighted by atomic mass is 19.4. The lowest BCUT2D eigenvalue weighted by Gasteiger charge is -2.35. The molecule has 2 fully saturated rings. The Morgan fingerprint density at radius 3 is 2.26 bits per heavy atom. The van der Waals surface area contributed by atoms with Crippen molar-refractivity contribution in [1.82, 2.24) is 20.0 Å². The number of halogens is 3. The van der Waals surface area contributed by atoms with Crippen molar-refractivity contribution in [2.45, 2.75) is 51.9 Å². The second-order valence-electron chi connectivity index (χ2n) is 10.4. The van der Waals surface area contributed by atoms with E-state index in [0.29, 0.717) is 45.7 Å². The standard InChI is InChI=1S/C25H37F3N4O3/c1-23(2,3)35-22(34)32-16-14-30(15-17-32)12-7-11-29-21(33)24(25(26,27)28)10-13-31(19-24)18-20-8-5-4-6-9-20/h4-6,8-9H,7,10-19H2,1-3H3,(H,29,33). The summed E-state index contributed by atoms with van der Waals surface area (Å²) in [5.74, 6) is -0.935. The summed E-state index contributed by atoms with van der Waals surface area (Å²) in [5, 5.41) is 2.55. The summed E-state index contributed by atoms with van der Waals surface area (Å²) in [6.45, 7) is 8.98. The number of nitrogens with one attached hydrogen (secondary N) is 1. The average molecular weight is 499 g/mol. The molecule has 2 amide bonds. The second-order valence-corrected chi connectivity index (χ2v) is 10.4. The highest BCUT2D eigenvalue weighted by Gasteiger charge is 2.62. The molecule has 2 saturated heterocycles. The van der Waals surface area contributed by atoms with E-state index in [4.69, 9.17) is 4.74 Å². The fraction of sp³-hybridized carbons (Fsp3) is 0.680. The molecule has 0 aliphatic carbocycles. The maximum absolute atomic E-state index is 14.0. The largest absolute Gasteiger partial charge is 0.444 e. The van der Waals surface area contributed by atoms with Gasteiger partial charge in [0.1, 0.15) is 5.60 Å². The van der Waals surface area contributed by atoms with Crippen molar-refractivity contribution < 1.29 is 27.5 Å². The van der Waals surface area contributed by atoms with Crippen LogP contribution in [0.15, 0.2) is 30.3 Å². The Hall–Kier alpha value is -2.33. The van der Waals surface area contributed by atoms with E-state index >= 15 is 0 Å². The van der Waals surface area contributed by atoms with Crippen LogP contribution in [0, 0.1) is 5.41 Å². The predicted molar refractivity (Wildman–Crippen MR) is 127 cm³/mol.